The van der Waals surface area contributed by atoms with E-state index in [4.69, 9.17) is 0 Å². The van der Waals surface area contributed by atoms with Gasteiger partial charge < -0.3 is 10.4 Å². The van der Waals surface area contributed by atoms with Crippen LogP contribution in [-0.4, -0.2) is 33.3 Å². The standard InChI is InChI=1S/C16H19N3O3/c1-8(2)10-6-11(14(20)21)12(17-7-10)13-18-15(22)16(5,19-13)9(3)4/h6-7,9H,1H2,2-5H3,(H,20,21)(H,18,19,22). The fraction of sp³-hybridized carbons (Fsp3) is 0.375. The molecule has 1 aliphatic rings. The van der Waals surface area contributed by atoms with Crippen LogP contribution in [0.5, 0.6) is 0 Å². The third-order valence-electron chi connectivity index (χ3n) is 4.00. The summed E-state index contributed by atoms with van der Waals surface area (Å²) in [6.45, 7) is 11.1. The van der Waals surface area contributed by atoms with Gasteiger partial charge in [0.1, 0.15) is 11.2 Å². The maximum Gasteiger partial charge on any atom is 0.338 e. The second-order valence-electron chi connectivity index (χ2n) is 5.92. The summed E-state index contributed by atoms with van der Waals surface area (Å²) in [6.07, 6.45) is 1.53. The minimum atomic E-state index is -1.12. The maximum absolute atomic E-state index is 12.2. The second-order valence-corrected chi connectivity index (χ2v) is 5.92. The van der Waals surface area contributed by atoms with Gasteiger partial charge >= 0.3 is 5.97 Å². The number of carbonyl (C=O) groups excluding carboxylic acids is 1. The molecule has 0 fully saturated rings. The van der Waals surface area contributed by atoms with Gasteiger partial charge in [-0.1, -0.05) is 20.4 Å². The van der Waals surface area contributed by atoms with Gasteiger partial charge in [0.25, 0.3) is 5.91 Å². The van der Waals surface area contributed by atoms with E-state index in [0.717, 1.165) is 0 Å². The van der Waals surface area contributed by atoms with Crippen LogP contribution in [0.1, 0.15) is 49.3 Å². The monoisotopic (exact) mass is 301 g/mol. The van der Waals surface area contributed by atoms with Crippen molar-refractivity contribution in [3.05, 3.63) is 35.7 Å². The molecule has 1 aromatic heterocycles. The number of amidine groups is 1. The Balaban J connectivity index is 2.57. The van der Waals surface area contributed by atoms with Crippen LogP contribution in [0.2, 0.25) is 0 Å². The number of aromatic carboxylic acids is 1. The number of nitrogens with one attached hydrogen (secondary N) is 1. The SMILES string of the molecule is C=C(C)c1cnc(C2=NC(C)(C(C)C)C(=O)N2)c(C(=O)O)c1. The predicted molar refractivity (Wildman–Crippen MR) is 83.8 cm³/mol. The Labute approximate surface area is 129 Å². The number of hydrogen-bond acceptors (Lipinski definition) is 4. The minimum absolute atomic E-state index is 0.00689. The summed E-state index contributed by atoms with van der Waals surface area (Å²) in [5.74, 6) is -1.19. The van der Waals surface area contributed by atoms with Gasteiger partial charge in [-0.2, -0.15) is 0 Å². The minimum Gasteiger partial charge on any atom is -0.478 e. The average molecular weight is 301 g/mol. The van der Waals surface area contributed by atoms with Crippen molar-refractivity contribution < 1.29 is 14.7 Å². The Morgan fingerprint density at radius 3 is 2.55 bits per heavy atom. The van der Waals surface area contributed by atoms with E-state index >= 15 is 0 Å². The summed E-state index contributed by atoms with van der Waals surface area (Å²) < 4.78 is 0. The summed E-state index contributed by atoms with van der Waals surface area (Å²) >= 11 is 0. The van der Waals surface area contributed by atoms with Crippen molar-refractivity contribution in [2.75, 3.05) is 0 Å². The number of rotatable bonds is 4. The van der Waals surface area contributed by atoms with E-state index in [1.54, 1.807) is 13.8 Å². The van der Waals surface area contributed by atoms with Crippen LogP contribution in [0.3, 0.4) is 0 Å². The number of carbonyl (C=O) groups is 2. The number of allylic oxidation sites excluding steroid dienone is 1. The fourth-order valence-corrected chi connectivity index (χ4v) is 2.10. The molecular weight excluding hydrogens is 282 g/mol. The third kappa shape index (κ3) is 2.52. The number of carboxylic acid groups (broad SMARTS) is 1. The van der Waals surface area contributed by atoms with Gasteiger partial charge in [0.15, 0.2) is 5.84 Å². The number of aromatic nitrogens is 1. The number of pyridine rings is 1. The molecule has 1 unspecified atom stereocenters. The van der Waals surface area contributed by atoms with E-state index in [0.29, 0.717) is 11.1 Å². The van der Waals surface area contributed by atoms with E-state index in [9.17, 15) is 14.7 Å². The highest BCUT2D eigenvalue weighted by Crippen LogP contribution is 2.27. The Kier molecular flexibility index (Phi) is 3.87. The molecule has 2 heterocycles. The highest BCUT2D eigenvalue weighted by Gasteiger charge is 2.43. The molecule has 2 rings (SSSR count). The lowest BCUT2D eigenvalue weighted by atomic mass is 9.89. The van der Waals surface area contributed by atoms with Crippen LogP contribution in [0, 0.1) is 5.92 Å². The molecule has 0 radical (unpaired) electrons. The van der Waals surface area contributed by atoms with Crippen molar-refractivity contribution in [3.8, 4) is 0 Å². The summed E-state index contributed by atoms with van der Waals surface area (Å²) in [4.78, 5) is 32.2. The molecule has 1 aromatic rings. The molecule has 1 atom stereocenters. The Bertz CT molecular complexity index is 707. The van der Waals surface area contributed by atoms with Crippen molar-refractivity contribution in [1.82, 2.24) is 10.3 Å². The largest absolute Gasteiger partial charge is 0.478 e. The van der Waals surface area contributed by atoms with Gasteiger partial charge in [-0.05, 0) is 37.0 Å². The molecule has 6 heteroatoms. The summed E-state index contributed by atoms with van der Waals surface area (Å²) in [5, 5.41) is 12.0. The van der Waals surface area contributed by atoms with Crippen molar-refractivity contribution in [3.63, 3.8) is 0 Å². The molecule has 0 aromatic carbocycles. The Morgan fingerprint density at radius 2 is 2.09 bits per heavy atom. The zero-order valence-corrected chi connectivity index (χ0v) is 13.1. The topological polar surface area (TPSA) is 91.7 Å². The Morgan fingerprint density at radius 1 is 1.45 bits per heavy atom. The predicted octanol–water partition coefficient (Wildman–Crippen LogP) is 2.10. The van der Waals surface area contributed by atoms with Gasteiger partial charge in [-0.3, -0.25) is 9.78 Å². The van der Waals surface area contributed by atoms with Gasteiger partial charge in [-0.15, -0.1) is 0 Å². The summed E-state index contributed by atoms with van der Waals surface area (Å²) in [6, 6.07) is 1.49. The molecule has 0 spiro atoms. The van der Waals surface area contributed by atoms with E-state index in [2.05, 4.69) is 21.9 Å². The van der Waals surface area contributed by atoms with Crippen molar-refractivity contribution >= 4 is 23.3 Å². The van der Waals surface area contributed by atoms with Crippen LogP contribution < -0.4 is 5.32 Å². The molecule has 6 nitrogen and oxygen atoms in total. The zero-order valence-electron chi connectivity index (χ0n) is 13.1. The molecule has 0 aliphatic carbocycles. The molecule has 116 valence electrons. The first kappa shape index (κ1) is 15.9. The highest BCUT2D eigenvalue weighted by atomic mass is 16.4. The maximum atomic E-state index is 12.2. The van der Waals surface area contributed by atoms with Gasteiger partial charge in [0, 0.05) is 6.20 Å². The van der Waals surface area contributed by atoms with E-state index < -0.39 is 11.5 Å². The lowest BCUT2D eigenvalue weighted by Crippen LogP contribution is -2.41. The van der Waals surface area contributed by atoms with Crippen LogP contribution in [0.4, 0.5) is 0 Å². The fourth-order valence-electron chi connectivity index (χ4n) is 2.10. The van der Waals surface area contributed by atoms with Crippen molar-refractivity contribution in [1.29, 1.82) is 0 Å². The van der Waals surface area contributed by atoms with Crippen LogP contribution in [0.25, 0.3) is 5.57 Å². The smallest absolute Gasteiger partial charge is 0.338 e. The van der Waals surface area contributed by atoms with Crippen molar-refractivity contribution in [2.24, 2.45) is 10.9 Å². The van der Waals surface area contributed by atoms with Gasteiger partial charge in [0.05, 0.1) is 5.56 Å². The molecule has 1 aliphatic heterocycles. The average Bonchev–Trinajstić information content (AvgIpc) is 2.75. The molecule has 0 saturated carbocycles. The highest BCUT2D eigenvalue weighted by molar-refractivity contribution is 6.17. The van der Waals surface area contributed by atoms with E-state index in [1.807, 2.05) is 13.8 Å². The third-order valence-corrected chi connectivity index (χ3v) is 4.00. The quantitative estimate of drug-likeness (QED) is 0.891. The zero-order chi connectivity index (χ0) is 16.7. The number of aliphatic imine (C=N–C) groups is 1. The van der Waals surface area contributed by atoms with E-state index in [-0.39, 0.29) is 28.9 Å². The van der Waals surface area contributed by atoms with Crippen LogP contribution in [-0.2, 0) is 4.79 Å². The number of nitrogens with zero attached hydrogens (tertiary/aromatic N) is 2. The molecule has 1 amide bonds. The first-order valence-electron chi connectivity index (χ1n) is 6.97. The number of carboxylic acids is 1. The Hall–Kier alpha value is -2.50. The number of hydrogen-bond donors (Lipinski definition) is 2. The van der Waals surface area contributed by atoms with Gasteiger partial charge in [0.2, 0.25) is 0 Å². The number of amides is 1. The van der Waals surface area contributed by atoms with Crippen LogP contribution >= 0.6 is 0 Å². The lowest BCUT2D eigenvalue weighted by Gasteiger charge is -2.21. The van der Waals surface area contributed by atoms with Gasteiger partial charge in [-0.25, -0.2) is 9.79 Å². The van der Waals surface area contributed by atoms with E-state index in [1.165, 1.54) is 12.3 Å². The molecule has 22 heavy (non-hydrogen) atoms. The normalized spacial score (nSPS) is 20.8. The first-order valence-corrected chi connectivity index (χ1v) is 6.97. The molecule has 0 bridgehead atoms. The lowest BCUT2D eigenvalue weighted by molar-refractivity contribution is -0.124. The summed E-state index contributed by atoms with van der Waals surface area (Å²) in [5.41, 5.74) is 0.589. The molecule has 0 saturated heterocycles. The van der Waals surface area contributed by atoms with Crippen LogP contribution in [0.15, 0.2) is 23.8 Å². The summed E-state index contributed by atoms with van der Waals surface area (Å²) in [7, 11) is 0. The molecule has 2 N–H and O–H groups in total. The first-order chi connectivity index (χ1) is 10.2. The van der Waals surface area contributed by atoms with Crippen molar-refractivity contribution in [2.45, 2.75) is 33.2 Å². The second kappa shape index (κ2) is 5.36. The molecular formula is C16H19N3O3.